The molecular weight excluding hydrogens is 651 g/mol. The Morgan fingerprint density at radius 3 is 1.50 bits per heavy atom. The summed E-state index contributed by atoms with van der Waals surface area (Å²) in [5.74, 6) is 0. The summed E-state index contributed by atoms with van der Waals surface area (Å²) in [7, 11) is 0. The van der Waals surface area contributed by atoms with Crippen LogP contribution in [0.4, 0.5) is 17.1 Å². The van der Waals surface area contributed by atoms with Gasteiger partial charge in [0.2, 0.25) is 0 Å². The highest BCUT2D eigenvalue weighted by Gasteiger charge is 2.46. The Kier molecular flexibility index (Phi) is 6.42. The first-order chi connectivity index (χ1) is 28.1. The maximum absolute atomic E-state index is 9.70. The molecule has 0 fully saturated rings. The van der Waals surface area contributed by atoms with Gasteiger partial charge in [-0.05, 0) is 110 Å². The SMILES string of the molecule is [2H]c1c([2H])c(N(c2ccc3c(c2)C(C)(C)c2ccccc2-3)c2ccc3c(c2)C(c2ccccc2)(c2ccccc2)c2ccccc2-3)c([2H])c([2H])c1-c1ccc(C)cc1. The molecule has 0 spiro atoms. The van der Waals surface area contributed by atoms with Gasteiger partial charge in [0.05, 0.1) is 10.9 Å². The molecule has 0 unspecified atom stereocenters. The van der Waals surface area contributed by atoms with E-state index < -0.39 is 5.41 Å². The lowest BCUT2D eigenvalue weighted by atomic mass is 9.67. The van der Waals surface area contributed by atoms with Crippen molar-refractivity contribution in [1.29, 1.82) is 0 Å². The Hall–Kier alpha value is -6.44. The monoisotopic (exact) mass is 695 g/mol. The summed E-state index contributed by atoms with van der Waals surface area (Å²) < 4.78 is 38.3. The molecule has 2 aliphatic carbocycles. The molecule has 0 bridgehead atoms. The van der Waals surface area contributed by atoms with Gasteiger partial charge in [-0.15, -0.1) is 0 Å². The number of rotatable bonds is 6. The van der Waals surface area contributed by atoms with Crippen molar-refractivity contribution in [1.82, 2.24) is 0 Å². The summed E-state index contributed by atoms with van der Waals surface area (Å²) in [4.78, 5) is 1.96. The van der Waals surface area contributed by atoms with E-state index in [4.69, 9.17) is 0 Å². The van der Waals surface area contributed by atoms with Crippen molar-refractivity contribution in [2.24, 2.45) is 0 Å². The van der Waals surface area contributed by atoms with Gasteiger partial charge in [0.1, 0.15) is 0 Å². The molecule has 1 heteroatoms. The molecule has 0 aliphatic heterocycles. The lowest BCUT2D eigenvalue weighted by molar-refractivity contribution is 0.660. The van der Waals surface area contributed by atoms with Gasteiger partial charge in [0.15, 0.2) is 0 Å². The minimum Gasteiger partial charge on any atom is -0.310 e. The molecule has 0 saturated carbocycles. The van der Waals surface area contributed by atoms with Gasteiger partial charge in [-0.3, -0.25) is 0 Å². The third-order valence-electron chi connectivity index (χ3n) is 11.7. The minimum absolute atomic E-state index is 0.0739. The minimum atomic E-state index is -0.665. The molecule has 0 amide bonds. The fourth-order valence-corrected chi connectivity index (χ4v) is 9.09. The normalized spacial score (nSPS) is 15.2. The molecule has 2 aliphatic rings. The number of benzene rings is 8. The van der Waals surface area contributed by atoms with Crippen molar-refractivity contribution in [3.05, 3.63) is 233 Å². The van der Waals surface area contributed by atoms with Crippen LogP contribution in [0.15, 0.2) is 194 Å². The van der Waals surface area contributed by atoms with Crippen molar-refractivity contribution in [2.45, 2.75) is 31.6 Å². The lowest BCUT2D eigenvalue weighted by Crippen LogP contribution is -2.28. The van der Waals surface area contributed by atoms with Crippen molar-refractivity contribution >= 4 is 17.1 Å². The van der Waals surface area contributed by atoms with E-state index in [0.717, 1.165) is 55.9 Å². The zero-order valence-corrected chi connectivity index (χ0v) is 30.6. The average Bonchev–Trinajstić information content (AvgIpc) is 3.68. The number of hydrogen-bond acceptors (Lipinski definition) is 1. The van der Waals surface area contributed by atoms with Crippen LogP contribution in [0.3, 0.4) is 0 Å². The number of hydrogen-bond donors (Lipinski definition) is 0. The second kappa shape index (κ2) is 12.3. The second-order valence-corrected chi connectivity index (χ2v) is 15.1. The van der Waals surface area contributed by atoms with E-state index in [1.807, 2.05) is 36.1 Å². The smallest absolute Gasteiger partial charge is 0.0714 e. The van der Waals surface area contributed by atoms with Crippen molar-refractivity contribution < 1.29 is 5.48 Å². The zero-order valence-electron chi connectivity index (χ0n) is 34.6. The second-order valence-electron chi connectivity index (χ2n) is 15.1. The Bertz CT molecular complexity index is 2850. The molecule has 0 N–H and O–H groups in total. The van der Waals surface area contributed by atoms with Gasteiger partial charge in [-0.2, -0.15) is 0 Å². The quantitative estimate of drug-likeness (QED) is 0.167. The molecular formula is C53H41N. The zero-order chi connectivity index (χ0) is 39.9. The van der Waals surface area contributed by atoms with E-state index in [0.29, 0.717) is 11.1 Å². The van der Waals surface area contributed by atoms with Gasteiger partial charge >= 0.3 is 0 Å². The highest BCUT2D eigenvalue weighted by Crippen LogP contribution is 2.57. The standard InChI is InChI=1S/C53H41N/c1-36-22-24-37(25-23-36)38-26-28-41(29-27-38)54(42-30-32-46-44-18-10-12-20-48(44)52(2,3)50(46)34-42)43-31-33-47-45-19-11-13-21-49(45)53(51(47)35-43,39-14-6-4-7-15-39)40-16-8-5-9-17-40/h4-35H,1-3H3/i26D,27D,28D,29D. The highest BCUT2D eigenvalue weighted by molar-refractivity contribution is 5.91. The van der Waals surface area contributed by atoms with E-state index in [2.05, 4.69) is 159 Å². The van der Waals surface area contributed by atoms with E-state index >= 15 is 0 Å². The predicted molar refractivity (Wildman–Crippen MR) is 226 cm³/mol. The van der Waals surface area contributed by atoms with Gasteiger partial charge in [-0.1, -0.05) is 177 Å². The number of aryl methyl sites for hydroxylation is 1. The molecule has 8 aromatic rings. The molecule has 54 heavy (non-hydrogen) atoms. The largest absolute Gasteiger partial charge is 0.310 e. The van der Waals surface area contributed by atoms with E-state index in [-0.39, 0.29) is 35.3 Å². The summed E-state index contributed by atoms with van der Waals surface area (Å²) in [6.07, 6.45) is 0. The van der Waals surface area contributed by atoms with Crippen molar-refractivity contribution in [3.63, 3.8) is 0 Å². The lowest BCUT2D eigenvalue weighted by Gasteiger charge is -2.35. The molecule has 1 nitrogen and oxygen atoms in total. The first kappa shape index (κ1) is 28.1. The third-order valence-corrected chi connectivity index (χ3v) is 11.7. The third kappa shape index (κ3) is 4.78. The Labute approximate surface area is 324 Å². The van der Waals surface area contributed by atoms with Crippen LogP contribution in [0, 0.1) is 6.92 Å². The molecule has 0 radical (unpaired) electrons. The van der Waals surface area contributed by atoms with Crippen molar-refractivity contribution in [3.8, 4) is 33.4 Å². The van der Waals surface area contributed by atoms with Crippen LogP contribution in [-0.4, -0.2) is 0 Å². The van der Waals surface area contributed by atoms with E-state index in [1.165, 1.54) is 16.7 Å². The van der Waals surface area contributed by atoms with Crippen LogP contribution < -0.4 is 4.90 Å². The summed E-state index contributed by atoms with van der Waals surface area (Å²) in [5, 5.41) is 0. The summed E-state index contributed by atoms with van der Waals surface area (Å²) in [6, 6.07) is 58.7. The van der Waals surface area contributed by atoms with Crippen LogP contribution in [0.5, 0.6) is 0 Å². The Morgan fingerprint density at radius 2 is 0.889 bits per heavy atom. The first-order valence-corrected chi connectivity index (χ1v) is 18.7. The van der Waals surface area contributed by atoms with Gasteiger partial charge in [0.25, 0.3) is 0 Å². The van der Waals surface area contributed by atoms with Crippen LogP contribution in [-0.2, 0) is 10.8 Å². The molecule has 10 rings (SSSR count). The molecule has 8 aromatic carbocycles. The van der Waals surface area contributed by atoms with Crippen LogP contribution in [0.25, 0.3) is 33.4 Å². The molecule has 0 heterocycles. The Morgan fingerprint density at radius 1 is 0.407 bits per heavy atom. The van der Waals surface area contributed by atoms with Gasteiger partial charge < -0.3 is 4.90 Å². The summed E-state index contributed by atoms with van der Waals surface area (Å²) >= 11 is 0. The summed E-state index contributed by atoms with van der Waals surface area (Å²) in [5.41, 5.74) is 14.4. The maximum atomic E-state index is 9.70. The topological polar surface area (TPSA) is 3.24 Å². The molecule has 0 atom stereocenters. The highest BCUT2D eigenvalue weighted by atomic mass is 15.1. The fourth-order valence-electron chi connectivity index (χ4n) is 9.09. The van der Waals surface area contributed by atoms with Gasteiger partial charge in [0, 0.05) is 22.5 Å². The van der Waals surface area contributed by atoms with E-state index in [9.17, 15) is 5.48 Å². The summed E-state index contributed by atoms with van der Waals surface area (Å²) in [6.45, 7) is 6.49. The van der Waals surface area contributed by atoms with Crippen LogP contribution in [0.1, 0.15) is 58.3 Å². The predicted octanol–water partition coefficient (Wildman–Crippen LogP) is 13.8. The maximum Gasteiger partial charge on any atom is 0.0714 e. The number of nitrogens with zero attached hydrogens (tertiary/aromatic N) is 1. The molecule has 0 saturated heterocycles. The Balaban J connectivity index is 1.27. The van der Waals surface area contributed by atoms with Crippen LogP contribution in [0.2, 0.25) is 0 Å². The average molecular weight is 696 g/mol. The van der Waals surface area contributed by atoms with Gasteiger partial charge in [-0.25, -0.2) is 0 Å². The number of anilines is 3. The number of fused-ring (bicyclic) bond motifs is 6. The van der Waals surface area contributed by atoms with Crippen molar-refractivity contribution in [2.75, 3.05) is 4.90 Å². The molecule has 0 aromatic heterocycles. The van der Waals surface area contributed by atoms with Crippen LogP contribution >= 0.6 is 0 Å². The molecule has 258 valence electrons. The van der Waals surface area contributed by atoms with E-state index in [1.54, 1.807) is 0 Å². The first-order valence-electron chi connectivity index (χ1n) is 20.7. The fraction of sp³-hybridized carbons (Fsp3) is 0.0943.